The third-order valence-electron chi connectivity index (χ3n) is 2.75. The van der Waals surface area contributed by atoms with Crippen LogP contribution in [0, 0.1) is 18.8 Å². The van der Waals surface area contributed by atoms with Gasteiger partial charge in [-0.05, 0) is 11.8 Å². The summed E-state index contributed by atoms with van der Waals surface area (Å²) in [6.07, 6.45) is 6.53. The molecule has 0 aromatic heterocycles. The average Bonchev–Trinajstić information content (AvgIpc) is 2.06. The van der Waals surface area contributed by atoms with Gasteiger partial charge >= 0.3 is 0 Å². The fourth-order valence-electron chi connectivity index (χ4n) is 1.28. The first-order valence-corrected chi connectivity index (χ1v) is 5.03. The van der Waals surface area contributed by atoms with Gasteiger partial charge in [-0.2, -0.15) is 0 Å². The Morgan fingerprint density at radius 2 is 1.73 bits per heavy atom. The minimum atomic E-state index is 0.879. The van der Waals surface area contributed by atoms with Crippen LogP contribution in [0.25, 0.3) is 0 Å². The van der Waals surface area contributed by atoms with E-state index in [1.165, 1.54) is 25.7 Å². The molecular formula is C11H23. The second-order valence-electron chi connectivity index (χ2n) is 3.65. The lowest BCUT2D eigenvalue weighted by Crippen LogP contribution is -2.00. The predicted octanol–water partition coefficient (Wildman–Crippen LogP) is 4.06. The van der Waals surface area contributed by atoms with Crippen LogP contribution >= 0.6 is 0 Å². The van der Waals surface area contributed by atoms with Gasteiger partial charge in [0.25, 0.3) is 0 Å². The lowest BCUT2D eigenvalue weighted by molar-refractivity contribution is 0.395. The Balaban J connectivity index is 3.34. The molecule has 0 spiro atoms. The van der Waals surface area contributed by atoms with Gasteiger partial charge < -0.3 is 0 Å². The van der Waals surface area contributed by atoms with Crippen molar-refractivity contribution in [2.45, 2.75) is 52.9 Å². The Hall–Kier alpha value is 0. The minimum Gasteiger partial charge on any atom is -0.0651 e. The molecule has 0 saturated heterocycles. The first kappa shape index (κ1) is 11.0. The molecule has 0 amide bonds. The van der Waals surface area contributed by atoms with Crippen molar-refractivity contribution < 1.29 is 0 Å². The summed E-state index contributed by atoms with van der Waals surface area (Å²) in [4.78, 5) is 0. The Morgan fingerprint density at radius 1 is 1.09 bits per heavy atom. The zero-order chi connectivity index (χ0) is 8.69. The molecule has 0 fully saturated rings. The fourth-order valence-corrected chi connectivity index (χ4v) is 1.28. The summed E-state index contributed by atoms with van der Waals surface area (Å²) in [5.74, 6) is 1.79. The van der Waals surface area contributed by atoms with Crippen LogP contribution in [0.1, 0.15) is 52.9 Å². The Kier molecular flexibility index (Phi) is 6.69. The van der Waals surface area contributed by atoms with Crippen molar-refractivity contribution >= 4 is 0 Å². The summed E-state index contributed by atoms with van der Waals surface area (Å²) >= 11 is 0. The van der Waals surface area contributed by atoms with Gasteiger partial charge in [0.05, 0.1) is 0 Å². The molecule has 0 aliphatic rings. The highest BCUT2D eigenvalue weighted by Gasteiger charge is 2.05. The highest BCUT2D eigenvalue weighted by Crippen LogP contribution is 2.19. The van der Waals surface area contributed by atoms with Crippen molar-refractivity contribution in [1.29, 1.82) is 0 Å². The van der Waals surface area contributed by atoms with Gasteiger partial charge in [0.1, 0.15) is 0 Å². The van der Waals surface area contributed by atoms with Crippen LogP contribution in [0.3, 0.4) is 0 Å². The number of rotatable bonds is 6. The molecule has 2 unspecified atom stereocenters. The van der Waals surface area contributed by atoms with E-state index in [0.29, 0.717) is 0 Å². The Morgan fingerprint density at radius 3 is 2.09 bits per heavy atom. The first-order chi connectivity index (χ1) is 5.24. The molecule has 1 radical (unpaired) electrons. The van der Waals surface area contributed by atoms with Crippen LogP contribution in [0.2, 0.25) is 0 Å². The van der Waals surface area contributed by atoms with E-state index in [1.807, 2.05) is 0 Å². The highest BCUT2D eigenvalue weighted by molar-refractivity contribution is 4.60. The quantitative estimate of drug-likeness (QED) is 0.542. The molecule has 67 valence electrons. The zero-order valence-electron chi connectivity index (χ0n) is 8.40. The molecule has 0 rings (SSSR count). The topological polar surface area (TPSA) is 0 Å². The lowest BCUT2D eigenvalue weighted by Gasteiger charge is -2.14. The molecule has 0 heteroatoms. The second-order valence-corrected chi connectivity index (χ2v) is 3.65. The molecular weight excluding hydrogens is 132 g/mol. The van der Waals surface area contributed by atoms with Crippen LogP contribution in [0.4, 0.5) is 0 Å². The summed E-state index contributed by atoms with van der Waals surface area (Å²) in [6.45, 7) is 10.8. The standard InChI is InChI=1S/C11H23/c1-5-10(4)8-9-11(6-2)7-3/h10-11H,2,5-9H2,1,3-4H3. The average molecular weight is 155 g/mol. The van der Waals surface area contributed by atoms with E-state index < -0.39 is 0 Å². The largest absolute Gasteiger partial charge is 0.0651 e. The Bertz CT molecular complexity index is 72.1. The maximum Gasteiger partial charge on any atom is -0.0417 e. The van der Waals surface area contributed by atoms with Crippen LogP contribution in [-0.2, 0) is 0 Å². The van der Waals surface area contributed by atoms with Gasteiger partial charge in [0.2, 0.25) is 0 Å². The highest BCUT2D eigenvalue weighted by atomic mass is 14.1. The zero-order valence-corrected chi connectivity index (χ0v) is 8.40. The van der Waals surface area contributed by atoms with E-state index >= 15 is 0 Å². The van der Waals surface area contributed by atoms with E-state index in [1.54, 1.807) is 0 Å². The predicted molar refractivity (Wildman–Crippen MR) is 52.4 cm³/mol. The molecule has 0 nitrogen and oxygen atoms in total. The van der Waals surface area contributed by atoms with Gasteiger partial charge in [-0.15, -0.1) is 0 Å². The minimum absolute atomic E-state index is 0.879. The van der Waals surface area contributed by atoms with E-state index in [2.05, 4.69) is 27.7 Å². The smallest absolute Gasteiger partial charge is 0.0417 e. The molecule has 11 heavy (non-hydrogen) atoms. The normalized spacial score (nSPS) is 13.9. The molecule has 0 bridgehead atoms. The van der Waals surface area contributed by atoms with E-state index in [4.69, 9.17) is 0 Å². The van der Waals surface area contributed by atoms with E-state index in [9.17, 15) is 0 Å². The van der Waals surface area contributed by atoms with Crippen molar-refractivity contribution in [1.82, 2.24) is 0 Å². The van der Waals surface area contributed by atoms with E-state index in [-0.39, 0.29) is 0 Å². The maximum absolute atomic E-state index is 3.96. The summed E-state index contributed by atoms with van der Waals surface area (Å²) in [6, 6.07) is 0. The van der Waals surface area contributed by atoms with Crippen LogP contribution in [-0.4, -0.2) is 0 Å². The van der Waals surface area contributed by atoms with Crippen LogP contribution in [0.15, 0.2) is 0 Å². The summed E-state index contributed by atoms with van der Waals surface area (Å²) < 4.78 is 0. The SMILES string of the molecule is [CH2]CC(CC)CCC(C)CC. The number of hydrogen-bond donors (Lipinski definition) is 0. The van der Waals surface area contributed by atoms with Crippen molar-refractivity contribution in [3.63, 3.8) is 0 Å². The molecule has 0 aromatic carbocycles. The molecule has 0 saturated carbocycles. The van der Waals surface area contributed by atoms with Crippen molar-refractivity contribution in [2.75, 3.05) is 0 Å². The van der Waals surface area contributed by atoms with Gasteiger partial charge in [-0.25, -0.2) is 0 Å². The van der Waals surface area contributed by atoms with Gasteiger partial charge in [0.15, 0.2) is 0 Å². The lowest BCUT2D eigenvalue weighted by atomic mass is 9.92. The summed E-state index contributed by atoms with van der Waals surface area (Å²) in [5.41, 5.74) is 0. The van der Waals surface area contributed by atoms with Crippen molar-refractivity contribution in [3.05, 3.63) is 6.92 Å². The van der Waals surface area contributed by atoms with Crippen molar-refractivity contribution in [3.8, 4) is 0 Å². The van der Waals surface area contributed by atoms with Crippen LogP contribution in [0.5, 0.6) is 0 Å². The molecule has 0 aromatic rings. The summed E-state index contributed by atoms with van der Waals surface area (Å²) in [7, 11) is 0. The third kappa shape index (κ3) is 5.29. The molecule has 0 heterocycles. The number of hydrogen-bond acceptors (Lipinski definition) is 0. The molecule has 0 aliphatic carbocycles. The first-order valence-electron chi connectivity index (χ1n) is 5.03. The van der Waals surface area contributed by atoms with Gasteiger partial charge in [-0.1, -0.05) is 59.8 Å². The third-order valence-corrected chi connectivity index (χ3v) is 2.75. The summed E-state index contributed by atoms with van der Waals surface area (Å²) in [5, 5.41) is 0. The van der Waals surface area contributed by atoms with E-state index in [0.717, 1.165) is 18.3 Å². The molecule has 0 aliphatic heterocycles. The Labute approximate surface area is 72.4 Å². The van der Waals surface area contributed by atoms with Crippen LogP contribution < -0.4 is 0 Å². The second kappa shape index (κ2) is 6.69. The molecule has 2 atom stereocenters. The van der Waals surface area contributed by atoms with Gasteiger partial charge in [0, 0.05) is 0 Å². The maximum atomic E-state index is 3.96. The van der Waals surface area contributed by atoms with Gasteiger partial charge in [-0.3, -0.25) is 0 Å². The molecule has 0 N–H and O–H groups in total. The monoisotopic (exact) mass is 155 g/mol. The fraction of sp³-hybridized carbons (Fsp3) is 0.909. The van der Waals surface area contributed by atoms with Crippen molar-refractivity contribution in [2.24, 2.45) is 11.8 Å².